The first kappa shape index (κ1) is 19.1. The highest BCUT2D eigenvalue weighted by Gasteiger charge is 2.35. The van der Waals surface area contributed by atoms with Gasteiger partial charge in [0.2, 0.25) is 0 Å². The van der Waals surface area contributed by atoms with E-state index in [4.69, 9.17) is 4.74 Å². The molecule has 2 heterocycles. The molecule has 1 aromatic carbocycles. The second-order valence-corrected chi connectivity index (χ2v) is 6.46. The van der Waals surface area contributed by atoms with Gasteiger partial charge in [-0.25, -0.2) is 9.36 Å². The fraction of sp³-hybridized carbons (Fsp3) is 0.235. The highest BCUT2D eigenvalue weighted by molar-refractivity contribution is 7.13. The Morgan fingerprint density at radius 3 is 2.70 bits per heavy atom. The monoisotopic (exact) mass is 397 g/mol. The van der Waals surface area contributed by atoms with Crippen molar-refractivity contribution >= 4 is 21.6 Å². The van der Waals surface area contributed by atoms with E-state index in [0.717, 1.165) is 11.7 Å². The largest absolute Gasteiger partial charge is 0.431 e. The zero-order valence-corrected chi connectivity index (χ0v) is 14.9. The van der Waals surface area contributed by atoms with Gasteiger partial charge in [0.15, 0.2) is 0 Å². The van der Waals surface area contributed by atoms with E-state index in [1.165, 1.54) is 17.6 Å². The average molecular weight is 397 g/mol. The smallest absolute Gasteiger partial charge is 0.371 e. The molecular formula is C17H14F3N3O3S. The van der Waals surface area contributed by atoms with Crippen LogP contribution in [0.1, 0.15) is 11.4 Å². The molecule has 0 atom stereocenters. The van der Waals surface area contributed by atoms with Gasteiger partial charge < -0.3 is 4.74 Å². The molecule has 0 unspecified atom stereocenters. The molecule has 0 saturated carbocycles. The quantitative estimate of drug-likeness (QED) is 0.491. The van der Waals surface area contributed by atoms with Crippen molar-refractivity contribution in [1.29, 1.82) is 0 Å². The van der Waals surface area contributed by atoms with Crippen LogP contribution in [0.25, 0.3) is 15.8 Å². The minimum absolute atomic E-state index is 0.159. The zero-order valence-electron chi connectivity index (χ0n) is 14.1. The topological polar surface area (TPSA) is 66.1 Å². The van der Waals surface area contributed by atoms with Crippen molar-refractivity contribution in [2.45, 2.75) is 12.8 Å². The van der Waals surface area contributed by atoms with Crippen LogP contribution in [0.2, 0.25) is 0 Å². The van der Waals surface area contributed by atoms with Crippen molar-refractivity contribution in [3.8, 4) is 5.69 Å². The molecule has 0 saturated heterocycles. The number of halogens is 3. The van der Waals surface area contributed by atoms with Gasteiger partial charge in [0.05, 0.1) is 29.3 Å². The SMILES string of the molecule is C=CCOCc1nsc2ccc(-n3c(=O)cc(C(F)(F)F)n(C)c3=O)cc12. The lowest BCUT2D eigenvalue weighted by Gasteiger charge is -2.14. The fourth-order valence-corrected chi connectivity index (χ4v) is 3.36. The molecule has 0 N–H and O–H groups in total. The average Bonchev–Trinajstić information content (AvgIpc) is 3.00. The molecule has 6 nitrogen and oxygen atoms in total. The van der Waals surface area contributed by atoms with Crippen LogP contribution in [0, 0.1) is 0 Å². The second kappa shape index (κ2) is 7.12. The number of alkyl halides is 3. The Bertz CT molecular complexity index is 1130. The predicted molar refractivity (Wildman–Crippen MR) is 95.3 cm³/mol. The summed E-state index contributed by atoms with van der Waals surface area (Å²) in [5.41, 5.74) is -2.67. The number of fused-ring (bicyclic) bond motifs is 1. The molecule has 0 aliphatic heterocycles. The van der Waals surface area contributed by atoms with Gasteiger partial charge in [-0.3, -0.25) is 9.36 Å². The molecule has 10 heteroatoms. The van der Waals surface area contributed by atoms with Crippen LogP contribution in [0.5, 0.6) is 0 Å². The molecule has 2 aromatic heterocycles. The summed E-state index contributed by atoms with van der Waals surface area (Å²) < 4.78 is 50.5. The van der Waals surface area contributed by atoms with E-state index in [0.29, 0.717) is 32.9 Å². The summed E-state index contributed by atoms with van der Waals surface area (Å²) in [7, 11) is 0.973. The molecule has 0 radical (unpaired) electrons. The van der Waals surface area contributed by atoms with Gasteiger partial charge in [0.25, 0.3) is 5.56 Å². The minimum atomic E-state index is -4.80. The Kier molecular flexibility index (Phi) is 5.03. The Hall–Kier alpha value is -2.72. The van der Waals surface area contributed by atoms with Crippen molar-refractivity contribution in [1.82, 2.24) is 13.5 Å². The lowest BCUT2D eigenvalue weighted by molar-refractivity contribution is -0.144. The van der Waals surface area contributed by atoms with E-state index in [1.54, 1.807) is 18.2 Å². The maximum atomic E-state index is 13.0. The molecule has 0 aliphatic rings. The minimum Gasteiger partial charge on any atom is -0.371 e. The molecule has 3 aromatic rings. The molecule has 27 heavy (non-hydrogen) atoms. The Morgan fingerprint density at radius 2 is 2.04 bits per heavy atom. The first-order chi connectivity index (χ1) is 12.7. The van der Waals surface area contributed by atoms with Gasteiger partial charge in [-0.2, -0.15) is 17.5 Å². The van der Waals surface area contributed by atoms with E-state index in [2.05, 4.69) is 11.0 Å². The van der Waals surface area contributed by atoms with E-state index < -0.39 is 23.1 Å². The number of hydrogen-bond donors (Lipinski definition) is 0. The molecule has 3 rings (SSSR count). The molecule has 0 fully saturated rings. The molecule has 0 aliphatic carbocycles. The number of nitrogens with zero attached hydrogens (tertiary/aromatic N) is 3. The van der Waals surface area contributed by atoms with Gasteiger partial charge in [-0.1, -0.05) is 6.08 Å². The van der Waals surface area contributed by atoms with E-state index in [-0.39, 0.29) is 12.3 Å². The van der Waals surface area contributed by atoms with Crippen molar-refractivity contribution in [2.75, 3.05) is 6.61 Å². The first-order valence-corrected chi connectivity index (χ1v) is 8.49. The van der Waals surface area contributed by atoms with Crippen LogP contribution in [-0.4, -0.2) is 20.1 Å². The van der Waals surface area contributed by atoms with E-state index in [9.17, 15) is 22.8 Å². The molecule has 0 bridgehead atoms. The molecule has 0 amide bonds. The van der Waals surface area contributed by atoms with Crippen molar-refractivity contribution in [2.24, 2.45) is 7.05 Å². The first-order valence-electron chi connectivity index (χ1n) is 7.71. The summed E-state index contributed by atoms with van der Waals surface area (Å²) in [6.45, 7) is 4.08. The van der Waals surface area contributed by atoms with E-state index in [1.807, 2.05) is 0 Å². The van der Waals surface area contributed by atoms with Gasteiger partial charge in [-0.05, 0) is 29.7 Å². The summed E-state index contributed by atoms with van der Waals surface area (Å²) in [5.74, 6) is 0. The fourth-order valence-electron chi connectivity index (χ4n) is 2.59. The number of hydrogen-bond acceptors (Lipinski definition) is 5. The van der Waals surface area contributed by atoms with Crippen molar-refractivity contribution < 1.29 is 17.9 Å². The summed E-state index contributed by atoms with van der Waals surface area (Å²) in [4.78, 5) is 24.6. The van der Waals surface area contributed by atoms with Gasteiger partial charge in [0.1, 0.15) is 5.69 Å². The Labute approximate surface area is 154 Å². The maximum absolute atomic E-state index is 13.0. The van der Waals surface area contributed by atoms with Crippen LogP contribution in [0.15, 0.2) is 46.5 Å². The third-order valence-corrected chi connectivity index (χ3v) is 4.74. The summed E-state index contributed by atoms with van der Waals surface area (Å²) >= 11 is 1.22. The molecule has 0 spiro atoms. The number of benzene rings is 1. The third-order valence-electron chi connectivity index (χ3n) is 3.87. The summed E-state index contributed by atoms with van der Waals surface area (Å²) in [5, 5.41) is 0.662. The number of rotatable bonds is 5. The van der Waals surface area contributed by atoms with Crippen LogP contribution < -0.4 is 11.2 Å². The van der Waals surface area contributed by atoms with Crippen molar-refractivity contribution in [3.05, 3.63) is 69.1 Å². The second-order valence-electron chi connectivity index (χ2n) is 5.66. The maximum Gasteiger partial charge on any atom is 0.431 e. The van der Waals surface area contributed by atoms with Crippen LogP contribution >= 0.6 is 11.5 Å². The third kappa shape index (κ3) is 3.58. The van der Waals surface area contributed by atoms with E-state index >= 15 is 0 Å². The van der Waals surface area contributed by atoms with Crippen LogP contribution in [-0.2, 0) is 24.6 Å². The zero-order chi connectivity index (χ0) is 19.8. The Morgan fingerprint density at radius 1 is 1.30 bits per heavy atom. The molecule has 142 valence electrons. The highest BCUT2D eigenvalue weighted by Crippen LogP contribution is 2.28. The van der Waals surface area contributed by atoms with Crippen LogP contribution in [0.4, 0.5) is 13.2 Å². The molecular weight excluding hydrogens is 383 g/mol. The van der Waals surface area contributed by atoms with Gasteiger partial charge >= 0.3 is 11.9 Å². The van der Waals surface area contributed by atoms with Crippen LogP contribution in [0.3, 0.4) is 0 Å². The lowest BCUT2D eigenvalue weighted by atomic mass is 10.2. The summed E-state index contributed by atoms with van der Waals surface area (Å²) in [6.07, 6.45) is -3.21. The summed E-state index contributed by atoms with van der Waals surface area (Å²) in [6, 6.07) is 5.10. The predicted octanol–water partition coefficient (Wildman–Crippen LogP) is 2.87. The number of ether oxygens (including phenoxy) is 1. The van der Waals surface area contributed by atoms with Gasteiger partial charge in [-0.15, -0.1) is 6.58 Å². The lowest BCUT2D eigenvalue weighted by Crippen LogP contribution is -2.40. The van der Waals surface area contributed by atoms with Gasteiger partial charge in [0, 0.05) is 18.5 Å². The standard InChI is InChI=1S/C17H14F3N3O3S/c1-3-6-26-9-12-11-7-10(4-5-13(11)27-21-12)23-15(24)8-14(17(18,19)20)22(2)16(23)25/h3-5,7-8H,1,6,9H2,2H3. The Balaban J connectivity index is 2.14. The highest BCUT2D eigenvalue weighted by atomic mass is 32.1. The number of aromatic nitrogens is 3. The van der Waals surface area contributed by atoms with Crippen molar-refractivity contribution in [3.63, 3.8) is 0 Å². The normalized spacial score (nSPS) is 11.9.